The monoisotopic (exact) mass is 340 g/mol. The Labute approximate surface area is 143 Å². The molecule has 3 rings (SSSR count). The summed E-state index contributed by atoms with van der Waals surface area (Å²) in [4.78, 5) is 32.3. The fourth-order valence-corrected chi connectivity index (χ4v) is 2.17. The lowest BCUT2D eigenvalue weighted by Crippen LogP contribution is -2.44. The Balaban J connectivity index is 1.60. The number of rotatable bonds is 6. The molecular formula is C16H16N6O3. The summed E-state index contributed by atoms with van der Waals surface area (Å²) in [6.07, 6.45) is 7.29. The molecule has 1 atom stereocenters. The van der Waals surface area contributed by atoms with Crippen LogP contribution in [-0.2, 0) is 11.3 Å². The summed E-state index contributed by atoms with van der Waals surface area (Å²) in [6.45, 7) is 1.85. The molecule has 0 bridgehead atoms. The number of hydrogen-bond donors (Lipinski definition) is 2. The van der Waals surface area contributed by atoms with Crippen LogP contribution in [-0.4, -0.2) is 37.6 Å². The minimum Gasteiger partial charge on any atom is -0.472 e. The molecule has 9 heteroatoms. The summed E-state index contributed by atoms with van der Waals surface area (Å²) in [6, 6.07) is 4.43. The quantitative estimate of drug-likeness (QED) is 0.682. The number of nitrogens with one attached hydrogen (secondary N) is 2. The maximum Gasteiger partial charge on any atom is 0.255 e. The number of hydrogen-bond acceptors (Lipinski definition) is 6. The van der Waals surface area contributed by atoms with E-state index < -0.39 is 6.04 Å². The third-order valence-corrected chi connectivity index (χ3v) is 3.48. The summed E-state index contributed by atoms with van der Waals surface area (Å²) in [5, 5.41) is 9.42. The number of nitrogens with zero attached hydrogens (tertiary/aromatic N) is 4. The van der Waals surface area contributed by atoms with Crippen LogP contribution in [0.5, 0.6) is 0 Å². The van der Waals surface area contributed by atoms with Crippen molar-refractivity contribution in [3.8, 4) is 5.82 Å². The molecule has 0 saturated carbocycles. The fourth-order valence-electron chi connectivity index (χ4n) is 2.17. The summed E-state index contributed by atoms with van der Waals surface area (Å²) in [7, 11) is 0. The Hall–Kier alpha value is -3.49. The van der Waals surface area contributed by atoms with E-state index in [0.29, 0.717) is 11.4 Å². The van der Waals surface area contributed by atoms with Gasteiger partial charge >= 0.3 is 0 Å². The highest BCUT2D eigenvalue weighted by Crippen LogP contribution is 2.09. The minimum atomic E-state index is -0.700. The van der Waals surface area contributed by atoms with Crippen LogP contribution in [0.15, 0.2) is 54.0 Å². The Morgan fingerprint density at radius 3 is 2.96 bits per heavy atom. The first-order valence-corrected chi connectivity index (χ1v) is 7.55. The van der Waals surface area contributed by atoms with Crippen LogP contribution < -0.4 is 10.6 Å². The summed E-state index contributed by atoms with van der Waals surface area (Å²) >= 11 is 0. The minimum absolute atomic E-state index is 0.244. The number of aromatic nitrogens is 4. The lowest BCUT2D eigenvalue weighted by Gasteiger charge is -2.14. The molecule has 0 spiro atoms. The summed E-state index contributed by atoms with van der Waals surface area (Å²) in [5.41, 5.74) is 1.13. The van der Waals surface area contributed by atoms with Crippen LogP contribution in [0.4, 0.5) is 0 Å². The van der Waals surface area contributed by atoms with Crippen LogP contribution in [0, 0.1) is 0 Å². The van der Waals surface area contributed by atoms with Gasteiger partial charge in [0.1, 0.15) is 25.0 Å². The topological polar surface area (TPSA) is 115 Å². The highest BCUT2D eigenvalue weighted by atomic mass is 16.3. The van der Waals surface area contributed by atoms with Crippen molar-refractivity contribution in [2.45, 2.75) is 19.5 Å². The SMILES string of the molecule is C[C@H](NC(=O)c1ccoc1)C(=O)NCc1cccnc1-n1cncn1. The molecule has 0 aliphatic rings. The zero-order valence-corrected chi connectivity index (χ0v) is 13.4. The standard InChI is InChI=1S/C16H16N6O3/c1-11(21-16(24)13-4-6-25-8-13)15(23)19-7-12-3-2-5-18-14(12)22-10-17-9-20-22/h2-6,8-11H,7H2,1H3,(H,19,23)(H,21,24)/t11-/m0/s1. The summed E-state index contributed by atoms with van der Waals surface area (Å²) < 4.78 is 6.37. The van der Waals surface area contributed by atoms with Crippen molar-refractivity contribution in [3.05, 3.63) is 60.7 Å². The number of pyridine rings is 1. The molecule has 2 amide bonds. The van der Waals surface area contributed by atoms with Gasteiger partial charge in [-0.25, -0.2) is 14.6 Å². The maximum atomic E-state index is 12.2. The zero-order valence-electron chi connectivity index (χ0n) is 13.4. The zero-order chi connectivity index (χ0) is 17.6. The van der Waals surface area contributed by atoms with Gasteiger partial charge in [-0.2, -0.15) is 5.10 Å². The van der Waals surface area contributed by atoms with E-state index in [4.69, 9.17) is 4.42 Å². The normalized spacial score (nSPS) is 11.7. The first-order chi connectivity index (χ1) is 12.1. The third-order valence-electron chi connectivity index (χ3n) is 3.48. The van der Waals surface area contributed by atoms with Crippen molar-refractivity contribution >= 4 is 11.8 Å². The van der Waals surface area contributed by atoms with Gasteiger partial charge in [0.15, 0.2) is 5.82 Å². The second-order valence-corrected chi connectivity index (χ2v) is 5.25. The first-order valence-electron chi connectivity index (χ1n) is 7.55. The van der Waals surface area contributed by atoms with Gasteiger partial charge in [0.2, 0.25) is 5.91 Å². The van der Waals surface area contributed by atoms with Gasteiger partial charge in [-0.05, 0) is 19.1 Å². The van der Waals surface area contributed by atoms with Crippen molar-refractivity contribution in [2.24, 2.45) is 0 Å². The number of amides is 2. The highest BCUT2D eigenvalue weighted by Gasteiger charge is 2.17. The largest absolute Gasteiger partial charge is 0.472 e. The molecule has 0 saturated heterocycles. The second kappa shape index (κ2) is 7.39. The lowest BCUT2D eigenvalue weighted by atomic mass is 10.2. The van der Waals surface area contributed by atoms with Crippen LogP contribution in [0.2, 0.25) is 0 Å². The van der Waals surface area contributed by atoms with Gasteiger partial charge in [0, 0.05) is 18.3 Å². The number of carbonyl (C=O) groups excluding carboxylic acids is 2. The Morgan fingerprint density at radius 2 is 2.24 bits per heavy atom. The molecule has 0 aliphatic heterocycles. The average Bonchev–Trinajstić information content (AvgIpc) is 3.33. The van der Waals surface area contributed by atoms with Crippen molar-refractivity contribution in [2.75, 3.05) is 0 Å². The van der Waals surface area contributed by atoms with E-state index in [1.807, 2.05) is 6.07 Å². The predicted octanol–water partition coefficient (Wildman–Crippen LogP) is 0.690. The van der Waals surface area contributed by atoms with E-state index in [0.717, 1.165) is 5.56 Å². The van der Waals surface area contributed by atoms with Crippen molar-refractivity contribution in [3.63, 3.8) is 0 Å². The van der Waals surface area contributed by atoms with E-state index in [1.165, 1.54) is 35.9 Å². The molecule has 3 heterocycles. The van der Waals surface area contributed by atoms with E-state index in [9.17, 15) is 9.59 Å². The Morgan fingerprint density at radius 1 is 1.36 bits per heavy atom. The van der Waals surface area contributed by atoms with Gasteiger partial charge < -0.3 is 15.1 Å². The molecule has 128 valence electrons. The first kappa shape index (κ1) is 16.4. The van der Waals surface area contributed by atoms with Crippen molar-refractivity contribution in [1.82, 2.24) is 30.4 Å². The lowest BCUT2D eigenvalue weighted by molar-refractivity contribution is -0.122. The van der Waals surface area contributed by atoms with Crippen LogP contribution in [0.1, 0.15) is 22.8 Å². The molecular weight excluding hydrogens is 324 g/mol. The van der Waals surface area contributed by atoms with Crippen molar-refractivity contribution < 1.29 is 14.0 Å². The van der Waals surface area contributed by atoms with Crippen LogP contribution in [0.25, 0.3) is 5.82 Å². The maximum absolute atomic E-state index is 12.2. The van der Waals surface area contributed by atoms with E-state index in [1.54, 1.807) is 19.2 Å². The molecule has 9 nitrogen and oxygen atoms in total. The van der Waals surface area contributed by atoms with Crippen LogP contribution in [0.3, 0.4) is 0 Å². The molecule has 25 heavy (non-hydrogen) atoms. The fraction of sp³-hybridized carbons (Fsp3) is 0.188. The van der Waals surface area contributed by atoms with Gasteiger partial charge in [0.25, 0.3) is 5.91 Å². The second-order valence-electron chi connectivity index (χ2n) is 5.25. The highest BCUT2D eigenvalue weighted by molar-refractivity contribution is 5.97. The Kier molecular flexibility index (Phi) is 4.84. The van der Waals surface area contributed by atoms with Crippen LogP contribution >= 0.6 is 0 Å². The molecule has 2 N–H and O–H groups in total. The molecule has 0 aromatic carbocycles. The molecule has 0 unspecified atom stereocenters. The average molecular weight is 340 g/mol. The smallest absolute Gasteiger partial charge is 0.255 e. The summed E-state index contributed by atoms with van der Waals surface area (Å²) in [5.74, 6) is -0.110. The van der Waals surface area contributed by atoms with E-state index >= 15 is 0 Å². The van der Waals surface area contributed by atoms with E-state index in [-0.39, 0.29) is 18.4 Å². The molecule has 0 fully saturated rings. The van der Waals surface area contributed by atoms with Gasteiger partial charge in [-0.3, -0.25) is 9.59 Å². The molecule has 0 aliphatic carbocycles. The predicted molar refractivity (Wildman–Crippen MR) is 86.6 cm³/mol. The molecule has 0 radical (unpaired) electrons. The van der Waals surface area contributed by atoms with Gasteiger partial charge in [0.05, 0.1) is 11.8 Å². The number of carbonyl (C=O) groups is 2. The number of furan rings is 1. The molecule has 3 aromatic heterocycles. The third kappa shape index (κ3) is 3.89. The van der Waals surface area contributed by atoms with Gasteiger partial charge in [-0.1, -0.05) is 6.07 Å². The van der Waals surface area contributed by atoms with E-state index in [2.05, 4.69) is 25.7 Å². The van der Waals surface area contributed by atoms with Crippen molar-refractivity contribution in [1.29, 1.82) is 0 Å². The van der Waals surface area contributed by atoms with Gasteiger partial charge in [-0.15, -0.1) is 0 Å². The molecule has 3 aromatic rings. The Bertz CT molecular complexity index is 845.